The zero-order chi connectivity index (χ0) is 10.8. The summed E-state index contributed by atoms with van der Waals surface area (Å²) in [5, 5.41) is 0.761. The maximum atomic E-state index is 13.3. The number of alkyl halides is 1. The van der Waals surface area contributed by atoms with Crippen LogP contribution in [0, 0.1) is 11.9 Å². The van der Waals surface area contributed by atoms with E-state index >= 15 is 0 Å². The van der Waals surface area contributed by atoms with Gasteiger partial charge in [0.2, 0.25) is 11.9 Å². The average Bonchev–Trinajstić information content (AvgIpc) is 2.60. The van der Waals surface area contributed by atoms with E-state index in [1.54, 1.807) is 12.1 Å². The van der Waals surface area contributed by atoms with Gasteiger partial charge in [-0.1, -0.05) is 15.9 Å². The number of anilines is 1. The lowest BCUT2D eigenvalue weighted by molar-refractivity contribution is -0.117. The van der Waals surface area contributed by atoms with Crippen molar-refractivity contribution in [2.75, 3.05) is 16.8 Å². The Balaban J connectivity index is 2.25. The molecule has 1 atom stereocenters. The molecule has 1 unspecified atom stereocenters. The van der Waals surface area contributed by atoms with E-state index in [2.05, 4.69) is 20.9 Å². The Bertz CT molecular complexity index is 385. The summed E-state index contributed by atoms with van der Waals surface area (Å²) in [7, 11) is 0. The van der Waals surface area contributed by atoms with Crippen LogP contribution in [0.4, 0.5) is 10.1 Å². The minimum atomic E-state index is -0.582. The van der Waals surface area contributed by atoms with Gasteiger partial charge in [0.15, 0.2) is 0 Å². The van der Waals surface area contributed by atoms with E-state index in [4.69, 9.17) is 0 Å². The second-order valence-corrected chi connectivity index (χ2v) is 4.19. The first-order chi connectivity index (χ1) is 7.22. The molecule has 1 aromatic heterocycles. The molecule has 1 fully saturated rings. The van der Waals surface area contributed by atoms with E-state index < -0.39 is 5.95 Å². The van der Waals surface area contributed by atoms with Gasteiger partial charge in [0.1, 0.15) is 0 Å². The highest BCUT2D eigenvalue weighted by Gasteiger charge is 2.31. The van der Waals surface area contributed by atoms with Gasteiger partial charge in [-0.25, -0.2) is 4.98 Å². The van der Waals surface area contributed by atoms with Crippen LogP contribution in [0.2, 0.25) is 0 Å². The van der Waals surface area contributed by atoms with E-state index in [1.807, 2.05) is 0 Å². The van der Waals surface area contributed by atoms with Crippen LogP contribution in [0.15, 0.2) is 18.3 Å². The fourth-order valence-corrected chi connectivity index (χ4v) is 2.13. The molecule has 15 heavy (non-hydrogen) atoms. The van der Waals surface area contributed by atoms with Gasteiger partial charge in [-0.05, 0) is 18.1 Å². The lowest BCUT2D eigenvalue weighted by Gasteiger charge is -2.16. The van der Waals surface area contributed by atoms with Crippen LogP contribution in [0.25, 0.3) is 0 Å². The number of aromatic nitrogens is 1. The van der Waals surface area contributed by atoms with E-state index in [0.717, 1.165) is 5.33 Å². The topological polar surface area (TPSA) is 33.2 Å². The fourth-order valence-electron chi connectivity index (χ4n) is 1.70. The molecule has 1 aromatic rings. The molecule has 0 aliphatic carbocycles. The van der Waals surface area contributed by atoms with E-state index in [-0.39, 0.29) is 17.5 Å². The lowest BCUT2D eigenvalue weighted by Crippen LogP contribution is -2.25. The van der Waals surface area contributed by atoms with Crippen molar-refractivity contribution in [1.82, 2.24) is 4.98 Å². The van der Waals surface area contributed by atoms with E-state index in [9.17, 15) is 9.18 Å². The number of nitrogens with zero attached hydrogens (tertiary/aromatic N) is 2. The molecule has 0 radical (unpaired) electrons. The first-order valence-electron chi connectivity index (χ1n) is 4.69. The zero-order valence-electron chi connectivity index (χ0n) is 7.99. The van der Waals surface area contributed by atoms with E-state index in [0.29, 0.717) is 13.0 Å². The largest absolute Gasteiger partial charge is 0.308 e. The van der Waals surface area contributed by atoms with Crippen molar-refractivity contribution in [3.05, 3.63) is 24.3 Å². The lowest BCUT2D eigenvalue weighted by atomic mass is 10.2. The smallest absolute Gasteiger partial charge is 0.236 e. The van der Waals surface area contributed by atoms with Crippen LogP contribution in [0.3, 0.4) is 0 Å². The van der Waals surface area contributed by atoms with Gasteiger partial charge in [-0.3, -0.25) is 4.79 Å². The highest BCUT2D eigenvalue weighted by atomic mass is 79.9. The first kappa shape index (κ1) is 10.5. The van der Waals surface area contributed by atoms with Crippen molar-refractivity contribution in [1.29, 1.82) is 0 Å². The number of carbonyl (C=O) groups excluding carboxylic acids is 1. The molecule has 5 heteroatoms. The molecule has 1 saturated heterocycles. The minimum absolute atomic E-state index is 0.0358. The molecule has 2 heterocycles. The molecule has 1 aliphatic rings. The number of hydrogen-bond acceptors (Lipinski definition) is 2. The Kier molecular flexibility index (Phi) is 3.00. The summed E-state index contributed by atoms with van der Waals surface area (Å²) >= 11 is 3.33. The van der Waals surface area contributed by atoms with Gasteiger partial charge >= 0.3 is 0 Å². The average molecular weight is 273 g/mol. The molecule has 1 amide bonds. The van der Waals surface area contributed by atoms with Gasteiger partial charge in [0, 0.05) is 24.5 Å². The Hall–Kier alpha value is -0.970. The molecular weight excluding hydrogens is 263 g/mol. The zero-order valence-corrected chi connectivity index (χ0v) is 9.58. The van der Waals surface area contributed by atoms with Crippen LogP contribution in [-0.4, -0.2) is 22.8 Å². The van der Waals surface area contributed by atoms with Crippen molar-refractivity contribution in [2.24, 2.45) is 5.92 Å². The molecule has 3 nitrogen and oxygen atoms in total. The second kappa shape index (κ2) is 4.26. The third kappa shape index (κ3) is 2.02. The Morgan fingerprint density at radius 1 is 1.67 bits per heavy atom. The molecule has 80 valence electrons. The number of amides is 1. The maximum absolute atomic E-state index is 13.3. The number of pyridine rings is 1. The summed E-state index contributed by atoms with van der Waals surface area (Å²) < 4.78 is 13.3. The highest BCUT2D eigenvalue weighted by molar-refractivity contribution is 9.09. The maximum Gasteiger partial charge on any atom is 0.236 e. The van der Waals surface area contributed by atoms with Gasteiger partial charge < -0.3 is 4.90 Å². The first-order valence-corrected chi connectivity index (χ1v) is 5.81. The summed E-state index contributed by atoms with van der Waals surface area (Å²) in [6.45, 7) is 0.562. The van der Waals surface area contributed by atoms with Gasteiger partial charge in [-0.2, -0.15) is 4.39 Å². The molecule has 1 aliphatic heterocycles. The molecule has 0 N–H and O–H groups in total. The van der Waals surface area contributed by atoms with Crippen LogP contribution in [0.1, 0.15) is 6.42 Å². The Morgan fingerprint density at radius 2 is 2.47 bits per heavy atom. The van der Waals surface area contributed by atoms with Crippen molar-refractivity contribution < 1.29 is 9.18 Å². The van der Waals surface area contributed by atoms with Crippen molar-refractivity contribution >= 4 is 27.5 Å². The van der Waals surface area contributed by atoms with Gasteiger partial charge in [0.05, 0.1) is 5.69 Å². The highest BCUT2D eigenvalue weighted by Crippen LogP contribution is 2.26. The number of halogens is 2. The number of rotatable bonds is 2. The minimum Gasteiger partial charge on any atom is -0.308 e. The van der Waals surface area contributed by atoms with Crippen LogP contribution in [0.5, 0.6) is 0 Å². The van der Waals surface area contributed by atoms with Crippen molar-refractivity contribution in [3.8, 4) is 0 Å². The molecular formula is C10H10BrFN2O. The Labute approximate surface area is 95.4 Å². The normalized spacial score (nSPS) is 21.1. The molecule has 0 saturated carbocycles. The van der Waals surface area contributed by atoms with Crippen molar-refractivity contribution in [3.63, 3.8) is 0 Å². The third-order valence-corrected chi connectivity index (χ3v) is 3.37. The monoisotopic (exact) mass is 272 g/mol. The Morgan fingerprint density at radius 3 is 3.07 bits per heavy atom. The summed E-state index contributed by atoms with van der Waals surface area (Å²) in [6.07, 6.45) is 1.85. The quantitative estimate of drug-likeness (QED) is 0.609. The molecule has 2 rings (SSSR count). The summed E-state index contributed by atoms with van der Waals surface area (Å²) in [6, 6.07) is 3.21. The van der Waals surface area contributed by atoms with Crippen LogP contribution >= 0.6 is 15.9 Å². The van der Waals surface area contributed by atoms with Gasteiger partial charge in [-0.15, -0.1) is 0 Å². The third-order valence-electron chi connectivity index (χ3n) is 2.45. The standard InChI is InChI=1S/C10H10BrFN2O/c11-5-7-4-9(15)14(6-7)8-2-1-3-13-10(8)12/h1-3,7H,4-6H2. The number of hydrogen-bond donors (Lipinski definition) is 0. The summed E-state index contributed by atoms with van der Waals surface area (Å²) in [5.41, 5.74) is 0.283. The molecule has 0 spiro atoms. The van der Waals surface area contributed by atoms with Crippen LogP contribution in [-0.2, 0) is 4.79 Å². The van der Waals surface area contributed by atoms with Crippen molar-refractivity contribution in [2.45, 2.75) is 6.42 Å². The molecule has 0 aromatic carbocycles. The SMILES string of the molecule is O=C1CC(CBr)CN1c1cccnc1F. The summed E-state index contributed by atoms with van der Waals surface area (Å²) in [4.78, 5) is 16.6. The predicted octanol–water partition coefficient (Wildman–Crippen LogP) is 1.97. The predicted molar refractivity (Wildman–Crippen MR) is 58.4 cm³/mol. The molecule has 0 bridgehead atoms. The number of carbonyl (C=O) groups is 1. The summed E-state index contributed by atoms with van der Waals surface area (Å²) in [5.74, 6) is -0.357. The van der Waals surface area contributed by atoms with Gasteiger partial charge in [0.25, 0.3) is 0 Å². The van der Waals surface area contributed by atoms with Crippen LogP contribution < -0.4 is 4.90 Å². The fraction of sp³-hybridized carbons (Fsp3) is 0.400. The van der Waals surface area contributed by atoms with E-state index in [1.165, 1.54) is 11.1 Å². The second-order valence-electron chi connectivity index (χ2n) is 3.54.